The van der Waals surface area contributed by atoms with Gasteiger partial charge < -0.3 is 9.78 Å². The van der Waals surface area contributed by atoms with E-state index in [1.807, 2.05) is 0 Å². The third kappa shape index (κ3) is 3.93. The molecule has 120 valence electrons. The summed E-state index contributed by atoms with van der Waals surface area (Å²) in [6.07, 6.45) is 5.26. The van der Waals surface area contributed by atoms with E-state index in [0.29, 0.717) is 17.6 Å². The number of hydrogen-bond donors (Lipinski definition) is 3. The van der Waals surface area contributed by atoms with Gasteiger partial charge in [0.05, 0.1) is 0 Å². The first kappa shape index (κ1) is 16.2. The predicted octanol–water partition coefficient (Wildman–Crippen LogP) is 1.97. The number of aromatic nitrogens is 4. The standard InChI is InChI=1S/C15H22N4O3/c1-3-6-10(8-5-4-7-9(2)20)12-16-11-13(17-12)18-15(22)19-14(11)21/h10H,3-8H2,1-2H3,(H3,16,17,18,19,21,22). The average Bonchev–Trinajstić information content (AvgIpc) is 2.86. The summed E-state index contributed by atoms with van der Waals surface area (Å²) in [5.74, 6) is 1.14. The molecule has 0 saturated heterocycles. The van der Waals surface area contributed by atoms with E-state index >= 15 is 0 Å². The number of rotatable bonds is 8. The van der Waals surface area contributed by atoms with Crippen molar-refractivity contribution in [1.82, 2.24) is 19.9 Å². The molecule has 0 bridgehead atoms. The SMILES string of the molecule is CCCC(CCCCC(C)=O)c1nc2[nH]c(=O)[nH]c(=O)c2[nH]1. The van der Waals surface area contributed by atoms with E-state index in [0.717, 1.165) is 37.9 Å². The number of imidazole rings is 1. The zero-order valence-corrected chi connectivity index (χ0v) is 13.0. The van der Waals surface area contributed by atoms with Crippen molar-refractivity contribution >= 4 is 16.9 Å². The molecule has 0 aliphatic rings. The number of carbonyl (C=O) groups excluding carboxylic acids is 1. The van der Waals surface area contributed by atoms with Crippen molar-refractivity contribution in [3.63, 3.8) is 0 Å². The molecule has 1 atom stereocenters. The zero-order chi connectivity index (χ0) is 16.1. The molecule has 0 radical (unpaired) electrons. The molecule has 0 spiro atoms. The summed E-state index contributed by atoms with van der Waals surface area (Å²) in [4.78, 5) is 46.1. The van der Waals surface area contributed by atoms with Crippen LogP contribution < -0.4 is 11.2 Å². The summed E-state index contributed by atoms with van der Waals surface area (Å²) in [5, 5.41) is 0. The lowest BCUT2D eigenvalue weighted by atomic mass is 9.95. The van der Waals surface area contributed by atoms with Crippen molar-refractivity contribution in [2.24, 2.45) is 0 Å². The second-order valence-electron chi connectivity index (χ2n) is 5.69. The fraction of sp³-hybridized carbons (Fsp3) is 0.600. The van der Waals surface area contributed by atoms with Gasteiger partial charge in [-0.05, 0) is 26.2 Å². The number of carbonyl (C=O) groups is 1. The monoisotopic (exact) mass is 306 g/mol. The molecule has 3 N–H and O–H groups in total. The van der Waals surface area contributed by atoms with E-state index in [2.05, 4.69) is 26.9 Å². The second kappa shape index (κ2) is 7.20. The molecule has 22 heavy (non-hydrogen) atoms. The lowest BCUT2D eigenvalue weighted by Crippen LogP contribution is -2.21. The summed E-state index contributed by atoms with van der Waals surface area (Å²) in [6.45, 7) is 3.70. The zero-order valence-electron chi connectivity index (χ0n) is 13.0. The Kier molecular flexibility index (Phi) is 5.30. The molecule has 7 heteroatoms. The fourth-order valence-electron chi connectivity index (χ4n) is 2.68. The van der Waals surface area contributed by atoms with Crippen LogP contribution in [0.2, 0.25) is 0 Å². The summed E-state index contributed by atoms with van der Waals surface area (Å²) in [7, 11) is 0. The minimum atomic E-state index is -0.552. The largest absolute Gasteiger partial charge is 0.336 e. The van der Waals surface area contributed by atoms with Gasteiger partial charge in [0.25, 0.3) is 5.56 Å². The van der Waals surface area contributed by atoms with Crippen molar-refractivity contribution in [2.75, 3.05) is 0 Å². The molecule has 2 aromatic rings. The van der Waals surface area contributed by atoms with E-state index in [4.69, 9.17) is 0 Å². The van der Waals surface area contributed by atoms with Gasteiger partial charge in [0.1, 0.15) is 17.1 Å². The Hall–Kier alpha value is -2.18. The molecule has 0 fully saturated rings. The Morgan fingerprint density at radius 1 is 1.14 bits per heavy atom. The van der Waals surface area contributed by atoms with Crippen molar-refractivity contribution in [3.8, 4) is 0 Å². The van der Waals surface area contributed by atoms with Gasteiger partial charge in [-0.1, -0.05) is 19.8 Å². The molecule has 0 aliphatic heterocycles. The molecule has 2 rings (SSSR count). The van der Waals surface area contributed by atoms with Crippen LogP contribution in [0.25, 0.3) is 11.2 Å². The normalized spacial score (nSPS) is 12.6. The highest BCUT2D eigenvalue weighted by molar-refractivity contribution is 5.75. The van der Waals surface area contributed by atoms with Crippen LogP contribution in [0.1, 0.15) is 64.1 Å². The maximum Gasteiger partial charge on any atom is 0.327 e. The summed E-state index contributed by atoms with van der Waals surface area (Å²) in [6, 6.07) is 0. The number of hydrogen-bond acceptors (Lipinski definition) is 4. The van der Waals surface area contributed by atoms with E-state index in [1.54, 1.807) is 6.92 Å². The minimum Gasteiger partial charge on any atom is -0.336 e. The molecule has 0 saturated carbocycles. The molecular formula is C15H22N4O3. The Balaban J connectivity index is 2.17. The summed E-state index contributed by atoms with van der Waals surface area (Å²) < 4.78 is 0. The van der Waals surface area contributed by atoms with Crippen molar-refractivity contribution in [3.05, 3.63) is 26.7 Å². The number of unbranched alkanes of at least 4 members (excludes halogenated alkanes) is 1. The first-order valence-corrected chi connectivity index (χ1v) is 7.73. The molecule has 2 aromatic heterocycles. The predicted molar refractivity (Wildman–Crippen MR) is 84.1 cm³/mol. The van der Waals surface area contributed by atoms with Crippen LogP contribution in [-0.4, -0.2) is 25.7 Å². The molecule has 2 heterocycles. The molecule has 7 nitrogen and oxygen atoms in total. The maximum absolute atomic E-state index is 11.7. The smallest absolute Gasteiger partial charge is 0.327 e. The van der Waals surface area contributed by atoms with Crippen molar-refractivity contribution < 1.29 is 4.79 Å². The third-order valence-corrected chi connectivity index (χ3v) is 3.76. The van der Waals surface area contributed by atoms with E-state index < -0.39 is 11.2 Å². The van der Waals surface area contributed by atoms with Crippen LogP contribution >= 0.6 is 0 Å². The highest BCUT2D eigenvalue weighted by atomic mass is 16.2. The molecule has 1 unspecified atom stereocenters. The van der Waals surface area contributed by atoms with Crippen LogP contribution in [0, 0.1) is 0 Å². The van der Waals surface area contributed by atoms with Gasteiger partial charge >= 0.3 is 5.69 Å². The van der Waals surface area contributed by atoms with Crippen LogP contribution in [-0.2, 0) is 4.79 Å². The minimum absolute atomic E-state index is 0.201. The van der Waals surface area contributed by atoms with Crippen LogP contribution in [0.3, 0.4) is 0 Å². The summed E-state index contributed by atoms with van der Waals surface area (Å²) in [5.41, 5.74) is -0.401. The number of H-pyrrole nitrogens is 3. The number of nitrogens with zero attached hydrogens (tertiary/aromatic N) is 1. The Bertz CT molecular complexity index is 756. The van der Waals surface area contributed by atoms with Gasteiger partial charge in [0.15, 0.2) is 5.65 Å². The van der Waals surface area contributed by atoms with E-state index in [9.17, 15) is 14.4 Å². The number of nitrogens with one attached hydrogen (secondary N) is 3. The summed E-state index contributed by atoms with van der Waals surface area (Å²) >= 11 is 0. The second-order valence-corrected chi connectivity index (χ2v) is 5.69. The number of Topliss-reactive ketones (excluding diaryl/α,β-unsaturated/α-hetero) is 1. The van der Waals surface area contributed by atoms with Gasteiger partial charge in [-0.25, -0.2) is 9.78 Å². The van der Waals surface area contributed by atoms with Gasteiger partial charge in [-0.15, -0.1) is 0 Å². The van der Waals surface area contributed by atoms with E-state index in [-0.39, 0.29) is 11.7 Å². The quantitative estimate of drug-likeness (QED) is 0.647. The molecule has 0 aromatic carbocycles. The van der Waals surface area contributed by atoms with Crippen molar-refractivity contribution in [2.45, 2.75) is 58.3 Å². The number of fused-ring (bicyclic) bond motifs is 1. The maximum atomic E-state index is 11.7. The lowest BCUT2D eigenvalue weighted by molar-refractivity contribution is -0.117. The third-order valence-electron chi connectivity index (χ3n) is 3.76. The highest BCUT2D eigenvalue weighted by Gasteiger charge is 2.16. The van der Waals surface area contributed by atoms with Crippen LogP contribution in [0.15, 0.2) is 9.59 Å². The first-order valence-electron chi connectivity index (χ1n) is 7.73. The Morgan fingerprint density at radius 3 is 2.59 bits per heavy atom. The van der Waals surface area contributed by atoms with Gasteiger partial charge in [-0.2, -0.15) is 0 Å². The molecule has 0 aliphatic carbocycles. The van der Waals surface area contributed by atoms with Crippen LogP contribution in [0.5, 0.6) is 0 Å². The topological polar surface area (TPSA) is 111 Å². The van der Waals surface area contributed by atoms with Gasteiger partial charge in [0, 0.05) is 12.3 Å². The van der Waals surface area contributed by atoms with E-state index in [1.165, 1.54) is 0 Å². The first-order chi connectivity index (χ1) is 10.5. The fourth-order valence-corrected chi connectivity index (χ4v) is 2.68. The average molecular weight is 306 g/mol. The Morgan fingerprint density at radius 2 is 1.91 bits per heavy atom. The Labute approximate surface area is 127 Å². The van der Waals surface area contributed by atoms with Gasteiger partial charge in [0.2, 0.25) is 0 Å². The molecular weight excluding hydrogens is 284 g/mol. The van der Waals surface area contributed by atoms with Crippen molar-refractivity contribution in [1.29, 1.82) is 0 Å². The number of aromatic amines is 3. The molecule has 0 amide bonds. The number of ketones is 1. The van der Waals surface area contributed by atoms with Gasteiger partial charge in [-0.3, -0.25) is 14.8 Å². The highest BCUT2D eigenvalue weighted by Crippen LogP contribution is 2.25. The van der Waals surface area contributed by atoms with Crippen LogP contribution in [0.4, 0.5) is 0 Å². The lowest BCUT2D eigenvalue weighted by Gasteiger charge is -2.12.